The number of nitrogens with two attached hydrogens (primary N) is 1. The Kier molecular flexibility index (Phi) is 7.14. The van der Waals surface area contributed by atoms with E-state index < -0.39 is 10.2 Å². The first kappa shape index (κ1) is 15.8. The molecule has 0 saturated carbocycles. The molecule has 6 heteroatoms. The zero-order valence-electron chi connectivity index (χ0n) is 10.7. The Morgan fingerprint density at radius 1 is 1.38 bits per heavy atom. The van der Waals surface area contributed by atoms with Gasteiger partial charge in [-0.15, -0.1) is 0 Å². The molecule has 0 rings (SSSR count). The Balaban J connectivity index is 4.43. The van der Waals surface area contributed by atoms with Gasteiger partial charge in [-0.1, -0.05) is 19.8 Å². The summed E-state index contributed by atoms with van der Waals surface area (Å²) in [5, 5.41) is 0. The zero-order chi connectivity index (χ0) is 12.8. The van der Waals surface area contributed by atoms with E-state index in [1.807, 2.05) is 13.8 Å². The second-order valence-electron chi connectivity index (χ2n) is 4.31. The Labute approximate surface area is 99.6 Å². The maximum Gasteiger partial charge on any atom is 0.279 e. The minimum absolute atomic E-state index is 0.0536. The molecule has 98 valence electrons. The number of hydrogen-bond acceptors (Lipinski definition) is 3. The highest BCUT2D eigenvalue weighted by Crippen LogP contribution is 2.05. The standard InChI is InChI=1S/C10H25N3O2S/c1-5-6-7-10(8-11)12-16(14,15)13(4)9(2)3/h9-10,12H,5-8,11H2,1-4H3. The molecule has 0 aromatic rings. The third-order valence-electron chi connectivity index (χ3n) is 2.61. The van der Waals surface area contributed by atoms with Crippen molar-refractivity contribution >= 4 is 10.2 Å². The van der Waals surface area contributed by atoms with E-state index in [1.165, 1.54) is 4.31 Å². The van der Waals surface area contributed by atoms with E-state index in [-0.39, 0.29) is 12.1 Å². The van der Waals surface area contributed by atoms with E-state index in [0.717, 1.165) is 19.3 Å². The average Bonchev–Trinajstić information content (AvgIpc) is 2.22. The van der Waals surface area contributed by atoms with Crippen LogP contribution in [0.2, 0.25) is 0 Å². The van der Waals surface area contributed by atoms with Crippen molar-refractivity contribution in [2.75, 3.05) is 13.6 Å². The highest BCUT2D eigenvalue weighted by Gasteiger charge is 2.23. The minimum atomic E-state index is -3.40. The predicted octanol–water partition coefficient (Wildman–Crippen LogP) is 0.679. The van der Waals surface area contributed by atoms with Gasteiger partial charge < -0.3 is 5.73 Å². The smallest absolute Gasteiger partial charge is 0.279 e. The molecule has 16 heavy (non-hydrogen) atoms. The zero-order valence-corrected chi connectivity index (χ0v) is 11.5. The van der Waals surface area contributed by atoms with E-state index in [9.17, 15) is 8.42 Å². The summed E-state index contributed by atoms with van der Waals surface area (Å²) >= 11 is 0. The summed E-state index contributed by atoms with van der Waals surface area (Å²) in [6.45, 7) is 6.08. The van der Waals surface area contributed by atoms with Crippen molar-refractivity contribution in [1.82, 2.24) is 9.03 Å². The van der Waals surface area contributed by atoms with Gasteiger partial charge in [-0.3, -0.25) is 0 Å². The van der Waals surface area contributed by atoms with Crippen molar-refractivity contribution in [3.63, 3.8) is 0 Å². The van der Waals surface area contributed by atoms with Crippen molar-refractivity contribution in [2.24, 2.45) is 5.73 Å². The summed E-state index contributed by atoms with van der Waals surface area (Å²) in [6.07, 6.45) is 2.81. The Bertz CT molecular complexity index is 278. The summed E-state index contributed by atoms with van der Waals surface area (Å²) in [6, 6.07) is -0.215. The van der Waals surface area contributed by atoms with Crippen LogP contribution in [0.25, 0.3) is 0 Å². The molecule has 0 aliphatic heterocycles. The predicted molar refractivity (Wildman–Crippen MR) is 67.3 cm³/mol. The summed E-state index contributed by atoms with van der Waals surface area (Å²) < 4.78 is 27.7. The van der Waals surface area contributed by atoms with Crippen LogP contribution in [-0.4, -0.2) is 38.4 Å². The maximum atomic E-state index is 11.9. The molecule has 0 aromatic heterocycles. The van der Waals surface area contributed by atoms with Crippen LogP contribution in [0.15, 0.2) is 0 Å². The Morgan fingerprint density at radius 2 is 1.94 bits per heavy atom. The van der Waals surface area contributed by atoms with E-state index in [2.05, 4.69) is 11.6 Å². The molecule has 0 fully saturated rings. The maximum absolute atomic E-state index is 11.9. The van der Waals surface area contributed by atoms with Crippen LogP contribution in [0.4, 0.5) is 0 Å². The van der Waals surface area contributed by atoms with Crippen molar-refractivity contribution < 1.29 is 8.42 Å². The molecule has 0 amide bonds. The fourth-order valence-electron chi connectivity index (χ4n) is 1.25. The Morgan fingerprint density at radius 3 is 2.31 bits per heavy atom. The number of unbranched alkanes of at least 4 members (excludes halogenated alkanes) is 1. The first-order chi connectivity index (χ1) is 7.35. The molecule has 1 atom stereocenters. The quantitative estimate of drug-likeness (QED) is 0.666. The molecular weight excluding hydrogens is 226 g/mol. The van der Waals surface area contributed by atoms with E-state index >= 15 is 0 Å². The van der Waals surface area contributed by atoms with Gasteiger partial charge in [0.25, 0.3) is 10.2 Å². The molecule has 0 radical (unpaired) electrons. The number of rotatable bonds is 8. The highest BCUT2D eigenvalue weighted by molar-refractivity contribution is 7.87. The lowest BCUT2D eigenvalue weighted by atomic mass is 10.1. The number of hydrogen-bond donors (Lipinski definition) is 2. The second kappa shape index (κ2) is 7.21. The largest absolute Gasteiger partial charge is 0.329 e. The molecule has 3 N–H and O–H groups in total. The van der Waals surface area contributed by atoms with Crippen LogP contribution in [0.1, 0.15) is 40.0 Å². The Hall–Kier alpha value is -0.170. The first-order valence-corrected chi connectivity index (χ1v) is 7.24. The van der Waals surface area contributed by atoms with Gasteiger partial charge in [0.15, 0.2) is 0 Å². The van der Waals surface area contributed by atoms with E-state index in [4.69, 9.17) is 5.73 Å². The second-order valence-corrected chi connectivity index (χ2v) is 6.07. The summed E-state index contributed by atoms with van der Waals surface area (Å²) in [5.74, 6) is 0. The van der Waals surface area contributed by atoms with Gasteiger partial charge in [0.05, 0.1) is 0 Å². The third-order valence-corrected chi connectivity index (χ3v) is 4.42. The average molecular weight is 251 g/mol. The molecule has 0 aliphatic carbocycles. The van der Waals surface area contributed by atoms with Crippen LogP contribution < -0.4 is 10.5 Å². The lowest BCUT2D eigenvalue weighted by Gasteiger charge is -2.24. The molecule has 0 saturated heterocycles. The van der Waals surface area contributed by atoms with Gasteiger partial charge in [0.2, 0.25) is 0 Å². The van der Waals surface area contributed by atoms with Gasteiger partial charge >= 0.3 is 0 Å². The van der Waals surface area contributed by atoms with Crippen LogP contribution in [-0.2, 0) is 10.2 Å². The molecule has 5 nitrogen and oxygen atoms in total. The fraction of sp³-hybridized carbons (Fsp3) is 1.00. The molecule has 0 heterocycles. The summed E-state index contributed by atoms with van der Waals surface area (Å²) in [5.41, 5.74) is 5.55. The molecule has 0 aromatic carbocycles. The minimum Gasteiger partial charge on any atom is -0.329 e. The highest BCUT2D eigenvalue weighted by atomic mass is 32.2. The summed E-state index contributed by atoms with van der Waals surface area (Å²) in [7, 11) is -1.83. The van der Waals surface area contributed by atoms with Crippen molar-refractivity contribution in [1.29, 1.82) is 0 Å². The van der Waals surface area contributed by atoms with Crippen molar-refractivity contribution in [3.05, 3.63) is 0 Å². The van der Waals surface area contributed by atoms with Crippen LogP contribution in [0.3, 0.4) is 0 Å². The first-order valence-electron chi connectivity index (χ1n) is 5.80. The van der Waals surface area contributed by atoms with Crippen molar-refractivity contribution in [2.45, 2.75) is 52.1 Å². The third kappa shape index (κ3) is 5.25. The van der Waals surface area contributed by atoms with E-state index in [1.54, 1.807) is 7.05 Å². The topological polar surface area (TPSA) is 75.4 Å². The van der Waals surface area contributed by atoms with Crippen LogP contribution in [0.5, 0.6) is 0 Å². The fourth-order valence-corrected chi connectivity index (χ4v) is 2.60. The van der Waals surface area contributed by atoms with Crippen LogP contribution >= 0.6 is 0 Å². The number of nitrogens with one attached hydrogen (secondary N) is 1. The van der Waals surface area contributed by atoms with E-state index in [0.29, 0.717) is 6.54 Å². The monoisotopic (exact) mass is 251 g/mol. The van der Waals surface area contributed by atoms with Gasteiger partial charge in [0, 0.05) is 25.7 Å². The molecular formula is C10H25N3O2S. The molecule has 1 unspecified atom stereocenters. The van der Waals surface area contributed by atoms with Gasteiger partial charge in [0.1, 0.15) is 0 Å². The number of nitrogens with zero attached hydrogens (tertiary/aromatic N) is 1. The molecule has 0 spiro atoms. The van der Waals surface area contributed by atoms with Gasteiger partial charge in [-0.05, 0) is 20.3 Å². The SMILES string of the molecule is CCCCC(CN)NS(=O)(=O)N(C)C(C)C. The lowest BCUT2D eigenvalue weighted by Crippen LogP contribution is -2.48. The van der Waals surface area contributed by atoms with Gasteiger partial charge in [-0.2, -0.15) is 17.4 Å². The van der Waals surface area contributed by atoms with Gasteiger partial charge in [-0.25, -0.2) is 0 Å². The normalized spacial score (nSPS) is 14.7. The van der Waals surface area contributed by atoms with Crippen LogP contribution in [0, 0.1) is 0 Å². The molecule has 0 bridgehead atoms. The lowest BCUT2D eigenvalue weighted by molar-refractivity contribution is 0.392. The summed E-state index contributed by atoms with van der Waals surface area (Å²) in [4.78, 5) is 0. The molecule has 0 aliphatic rings. The van der Waals surface area contributed by atoms with Crippen molar-refractivity contribution in [3.8, 4) is 0 Å².